The van der Waals surface area contributed by atoms with Gasteiger partial charge in [0.1, 0.15) is 28.0 Å². The molecule has 0 bridgehead atoms. The van der Waals surface area contributed by atoms with Gasteiger partial charge in [-0.15, -0.1) is 22.7 Å². The third-order valence-corrected chi connectivity index (χ3v) is 7.62. The van der Waals surface area contributed by atoms with Gasteiger partial charge < -0.3 is 9.80 Å². The molecular formula is C17H17N7S3. The van der Waals surface area contributed by atoms with Gasteiger partial charge in [0, 0.05) is 31.1 Å². The summed E-state index contributed by atoms with van der Waals surface area (Å²) in [5.74, 6) is 2.04. The Hall–Kier alpha value is -2.04. The monoisotopic (exact) mass is 415 g/mol. The summed E-state index contributed by atoms with van der Waals surface area (Å²) in [7, 11) is 0. The number of thioether (sulfide) groups is 1. The van der Waals surface area contributed by atoms with Gasteiger partial charge in [0.2, 0.25) is 0 Å². The standard InChI is InChI=1S/C17H17N7S3/c1-10-7-11-14(19-9-21-16(11)26-10)23-3-5-24(6-4-23)15-12-13(18-8-20-15)22-17(25-2)27-12/h7-9H,3-6H2,1-2H3. The highest BCUT2D eigenvalue weighted by molar-refractivity contribution is 8.00. The molecule has 0 N–H and O–H groups in total. The quantitative estimate of drug-likeness (QED) is 0.471. The number of fused-ring (bicyclic) bond motifs is 2. The van der Waals surface area contributed by atoms with Gasteiger partial charge in [-0.05, 0) is 19.2 Å². The third-order valence-electron chi connectivity index (χ3n) is 4.64. The lowest BCUT2D eigenvalue weighted by molar-refractivity contribution is 0.644. The molecule has 1 fully saturated rings. The number of aryl methyl sites for hydroxylation is 1. The van der Waals surface area contributed by atoms with E-state index in [1.807, 2.05) is 6.26 Å². The summed E-state index contributed by atoms with van der Waals surface area (Å²) in [6.45, 7) is 5.72. The van der Waals surface area contributed by atoms with Gasteiger partial charge >= 0.3 is 0 Å². The van der Waals surface area contributed by atoms with Crippen LogP contribution in [0.4, 0.5) is 11.6 Å². The summed E-state index contributed by atoms with van der Waals surface area (Å²) in [6, 6.07) is 2.19. The molecule has 27 heavy (non-hydrogen) atoms. The first kappa shape index (κ1) is 17.1. The van der Waals surface area contributed by atoms with Crippen LogP contribution in [0.25, 0.3) is 20.6 Å². The Morgan fingerprint density at radius 2 is 1.63 bits per heavy atom. The maximum atomic E-state index is 4.57. The molecule has 0 unspecified atom stereocenters. The van der Waals surface area contributed by atoms with Crippen LogP contribution >= 0.6 is 34.4 Å². The minimum atomic E-state index is 0.794. The summed E-state index contributed by atoms with van der Waals surface area (Å²) in [6.07, 6.45) is 5.34. The molecule has 1 saturated heterocycles. The predicted molar refractivity (Wildman–Crippen MR) is 114 cm³/mol. The number of anilines is 2. The van der Waals surface area contributed by atoms with Crippen molar-refractivity contribution in [3.8, 4) is 0 Å². The number of hydrogen-bond acceptors (Lipinski definition) is 10. The highest BCUT2D eigenvalue weighted by Gasteiger charge is 2.23. The Labute approximate surface area is 168 Å². The molecule has 0 aliphatic carbocycles. The number of piperazine rings is 1. The molecular weight excluding hydrogens is 398 g/mol. The summed E-state index contributed by atoms with van der Waals surface area (Å²) < 4.78 is 2.11. The van der Waals surface area contributed by atoms with Crippen LogP contribution in [0.5, 0.6) is 0 Å². The Balaban J connectivity index is 1.41. The van der Waals surface area contributed by atoms with Crippen molar-refractivity contribution in [1.29, 1.82) is 0 Å². The molecule has 0 amide bonds. The number of aromatic nitrogens is 5. The summed E-state index contributed by atoms with van der Waals surface area (Å²) in [5.41, 5.74) is 0.794. The highest BCUT2D eigenvalue weighted by atomic mass is 32.2. The molecule has 138 valence electrons. The van der Waals surface area contributed by atoms with Crippen LogP contribution in [0.15, 0.2) is 23.1 Å². The number of thiazole rings is 1. The van der Waals surface area contributed by atoms with Crippen LogP contribution in [0.1, 0.15) is 4.88 Å². The van der Waals surface area contributed by atoms with Crippen molar-refractivity contribution in [3.63, 3.8) is 0 Å². The van der Waals surface area contributed by atoms with Crippen molar-refractivity contribution >= 4 is 66.6 Å². The average Bonchev–Trinajstić information content (AvgIpc) is 3.29. The van der Waals surface area contributed by atoms with E-state index in [9.17, 15) is 0 Å². The van der Waals surface area contributed by atoms with Crippen LogP contribution in [0.3, 0.4) is 0 Å². The van der Waals surface area contributed by atoms with Gasteiger partial charge in [-0.2, -0.15) is 0 Å². The first-order valence-electron chi connectivity index (χ1n) is 8.59. The van der Waals surface area contributed by atoms with Crippen molar-refractivity contribution < 1.29 is 0 Å². The molecule has 4 aromatic heterocycles. The maximum Gasteiger partial charge on any atom is 0.176 e. The van der Waals surface area contributed by atoms with E-state index in [0.29, 0.717) is 0 Å². The largest absolute Gasteiger partial charge is 0.352 e. The fourth-order valence-corrected chi connectivity index (χ4v) is 5.75. The smallest absolute Gasteiger partial charge is 0.176 e. The Kier molecular flexibility index (Phi) is 4.33. The molecule has 5 heterocycles. The molecule has 5 rings (SSSR count). The van der Waals surface area contributed by atoms with Crippen molar-refractivity contribution in [1.82, 2.24) is 24.9 Å². The average molecular weight is 416 g/mol. The molecule has 0 atom stereocenters. The lowest BCUT2D eigenvalue weighted by Crippen LogP contribution is -2.47. The van der Waals surface area contributed by atoms with E-state index in [4.69, 9.17) is 0 Å². The van der Waals surface area contributed by atoms with Crippen LogP contribution < -0.4 is 9.80 Å². The van der Waals surface area contributed by atoms with Crippen molar-refractivity contribution in [2.75, 3.05) is 42.2 Å². The van der Waals surface area contributed by atoms with Gasteiger partial charge in [-0.1, -0.05) is 11.8 Å². The number of nitrogens with zero attached hydrogens (tertiary/aromatic N) is 7. The first-order valence-corrected chi connectivity index (χ1v) is 11.5. The normalized spacial score (nSPS) is 15.2. The molecule has 7 nitrogen and oxygen atoms in total. The predicted octanol–water partition coefficient (Wildman–Crippen LogP) is 3.45. The number of thiophene rings is 1. The Bertz CT molecular complexity index is 1110. The number of hydrogen-bond donors (Lipinski definition) is 0. The lowest BCUT2D eigenvalue weighted by Gasteiger charge is -2.36. The van der Waals surface area contributed by atoms with Crippen molar-refractivity contribution in [3.05, 3.63) is 23.6 Å². The van der Waals surface area contributed by atoms with Crippen LogP contribution in [0, 0.1) is 6.92 Å². The van der Waals surface area contributed by atoms with E-state index in [1.165, 1.54) is 4.88 Å². The topological polar surface area (TPSA) is 70.9 Å². The minimum absolute atomic E-state index is 0.794. The van der Waals surface area contributed by atoms with E-state index < -0.39 is 0 Å². The molecule has 0 saturated carbocycles. The van der Waals surface area contributed by atoms with Crippen LogP contribution in [0.2, 0.25) is 0 Å². The SMILES string of the molecule is CSc1nc2ncnc(N3CCN(c4ncnc5sc(C)cc45)CC3)c2s1. The molecule has 0 spiro atoms. The van der Waals surface area contributed by atoms with Gasteiger partial charge in [0.25, 0.3) is 0 Å². The highest BCUT2D eigenvalue weighted by Crippen LogP contribution is 2.34. The van der Waals surface area contributed by atoms with Crippen LogP contribution in [-0.4, -0.2) is 57.4 Å². The summed E-state index contributed by atoms with van der Waals surface area (Å²) in [5, 5.41) is 1.16. The second-order valence-corrected chi connectivity index (χ2v) is 9.57. The zero-order valence-electron chi connectivity index (χ0n) is 14.9. The fourth-order valence-electron chi connectivity index (χ4n) is 3.38. The maximum absolute atomic E-state index is 4.57. The van der Waals surface area contributed by atoms with Crippen molar-refractivity contribution in [2.24, 2.45) is 0 Å². The second kappa shape index (κ2) is 6.84. The zero-order chi connectivity index (χ0) is 18.4. The van der Waals surface area contributed by atoms with E-state index >= 15 is 0 Å². The van der Waals surface area contributed by atoms with Gasteiger partial charge in [-0.3, -0.25) is 0 Å². The molecule has 4 aromatic rings. The fraction of sp³-hybridized carbons (Fsp3) is 0.353. The van der Waals surface area contributed by atoms with Crippen molar-refractivity contribution in [2.45, 2.75) is 11.3 Å². The molecule has 0 radical (unpaired) electrons. The Morgan fingerprint density at radius 1 is 0.926 bits per heavy atom. The van der Waals surface area contributed by atoms with E-state index in [0.717, 1.165) is 62.7 Å². The second-order valence-electron chi connectivity index (χ2n) is 6.28. The molecule has 0 aromatic carbocycles. The summed E-state index contributed by atoms with van der Waals surface area (Å²) >= 11 is 5.04. The third kappa shape index (κ3) is 3.01. The van der Waals surface area contributed by atoms with E-state index in [-0.39, 0.29) is 0 Å². The Morgan fingerprint density at radius 3 is 2.41 bits per heavy atom. The lowest BCUT2D eigenvalue weighted by atomic mass is 10.2. The van der Waals surface area contributed by atoms with Gasteiger partial charge in [0.05, 0.1) is 5.39 Å². The van der Waals surface area contributed by atoms with Gasteiger partial charge in [0.15, 0.2) is 15.8 Å². The number of rotatable bonds is 3. The molecule has 1 aliphatic heterocycles. The zero-order valence-corrected chi connectivity index (χ0v) is 17.4. The van der Waals surface area contributed by atoms with Crippen LogP contribution in [-0.2, 0) is 0 Å². The molecule has 1 aliphatic rings. The first-order chi connectivity index (χ1) is 13.2. The van der Waals surface area contributed by atoms with Gasteiger partial charge in [-0.25, -0.2) is 24.9 Å². The van der Waals surface area contributed by atoms with E-state index in [1.54, 1.807) is 47.1 Å². The van der Waals surface area contributed by atoms with E-state index in [2.05, 4.69) is 47.7 Å². The summed E-state index contributed by atoms with van der Waals surface area (Å²) in [4.78, 5) is 29.4. The molecule has 10 heteroatoms. The minimum Gasteiger partial charge on any atom is -0.352 e.